The van der Waals surface area contributed by atoms with Crippen molar-refractivity contribution in [2.24, 2.45) is 5.92 Å². The van der Waals surface area contributed by atoms with Crippen LogP contribution in [0.4, 0.5) is 5.69 Å². The molecule has 4 aromatic carbocycles. The second-order valence-corrected chi connectivity index (χ2v) is 10.5. The number of aryl methyl sites for hydroxylation is 1. The molecule has 1 amide bonds. The molecule has 41 heavy (non-hydrogen) atoms. The van der Waals surface area contributed by atoms with Crippen molar-refractivity contribution in [3.63, 3.8) is 0 Å². The first-order valence-corrected chi connectivity index (χ1v) is 13.7. The third kappa shape index (κ3) is 6.02. The fraction of sp³-hybridized carbons (Fsp3) is 0.200. The number of hydrogen-bond acceptors (Lipinski definition) is 5. The van der Waals surface area contributed by atoms with Crippen LogP contribution in [0.25, 0.3) is 5.76 Å². The molecule has 208 valence electrons. The number of para-hydroxylation sites is 1. The van der Waals surface area contributed by atoms with Crippen molar-refractivity contribution in [1.82, 2.24) is 0 Å². The Kier molecular flexibility index (Phi) is 8.20. The quantitative estimate of drug-likeness (QED) is 0.136. The predicted molar refractivity (Wildman–Crippen MR) is 160 cm³/mol. The number of hydrogen-bond donors (Lipinski definition) is 1. The molecule has 1 heterocycles. The van der Waals surface area contributed by atoms with Gasteiger partial charge in [-0.15, -0.1) is 0 Å². The minimum Gasteiger partial charge on any atom is -0.507 e. The molecule has 0 bridgehead atoms. The molecule has 1 unspecified atom stereocenters. The zero-order valence-corrected chi connectivity index (χ0v) is 23.4. The van der Waals surface area contributed by atoms with E-state index in [0.717, 1.165) is 11.1 Å². The molecular weight excluding hydrogens is 514 g/mol. The van der Waals surface area contributed by atoms with E-state index in [4.69, 9.17) is 9.47 Å². The smallest absolute Gasteiger partial charge is 0.300 e. The van der Waals surface area contributed by atoms with Gasteiger partial charge in [-0.25, -0.2) is 0 Å². The lowest BCUT2D eigenvalue weighted by molar-refractivity contribution is -0.132. The van der Waals surface area contributed by atoms with Crippen molar-refractivity contribution in [3.05, 3.63) is 131 Å². The number of aliphatic hydroxyl groups is 1. The topological polar surface area (TPSA) is 76.1 Å². The molecule has 0 aliphatic carbocycles. The van der Waals surface area contributed by atoms with Crippen LogP contribution in [0.5, 0.6) is 11.5 Å². The highest BCUT2D eigenvalue weighted by Crippen LogP contribution is 2.43. The van der Waals surface area contributed by atoms with E-state index in [-0.39, 0.29) is 11.3 Å². The summed E-state index contributed by atoms with van der Waals surface area (Å²) in [7, 11) is 0. The summed E-state index contributed by atoms with van der Waals surface area (Å²) in [5.41, 5.74) is 3.50. The molecule has 4 aromatic rings. The number of aliphatic hydroxyl groups excluding tert-OH is 1. The van der Waals surface area contributed by atoms with E-state index < -0.39 is 17.7 Å². The van der Waals surface area contributed by atoms with Gasteiger partial charge < -0.3 is 14.6 Å². The normalized spacial score (nSPS) is 16.3. The zero-order chi connectivity index (χ0) is 28.9. The molecule has 5 rings (SSSR count). The standard InChI is InChI=1S/C35H33NO5/c1-23(2)21-41-30-18-17-27(19-24(30)3)33(37)31-32(36(35(39)34(31)38)28-14-8-5-9-15-28)26-13-10-16-29(20-26)40-22-25-11-6-4-7-12-25/h4-20,23,32,37H,21-22H2,1-3H3/b33-31+. The monoisotopic (exact) mass is 547 g/mol. The summed E-state index contributed by atoms with van der Waals surface area (Å²) in [6, 6.07) is 30.6. The van der Waals surface area contributed by atoms with Gasteiger partial charge in [0.15, 0.2) is 0 Å². The van der Waals surface area contributed by atoms with Gasteiger partial charge in [0.25, 0.3) is 11.7 Å². The van der Waals surface area contributed by atoms with Crippen molar-refractivity contribution in [2.75, 3.05) is 11.5 Å². The molecule has 1 saturated heterocycles. The van der Waals surface area contributed by atoms with Gasteiger partial charge in [0.05, 0.1) is 18.2 Å². The Balaban J connectivity index is 1.57. The van der Waals surface area contributed by atoms with Crippen LogP contribution in [0.1, 0.15) is 42.1 Å². The van der Waals surface area contributed by atoms with Gasteiger partial charge in [-0.1, -0.05) is 74.5 Å². The Hall–Kier alpha value is -4.84. The van der Waals surface area contributed by atoms with Crippen LogP contribution in [0.15, 0.2) is 109 Å². The lowest BCUT2D eigenvalue weighted by atomic mass is 9.94. The highest BCUT2D eigenvalue weighted by atomic mass is 16.5. The number of ketones is 1. The molecule has 0 saturated carbocycles. The van der Waals surface area contributed by atoms with E-state index >= 15 is 0 Å². The van der Waals surface area contributed by atoms with E-state index in [1.807, 2.05) is 79.7 Å². The lowest BCUT2D eigenvalue weighted by Crippen LogP contribution is -2.29. The average molecular weight is 548 g/mol. The van der Waals surface area contributed by atoms with Crippen LogP contribution in [-0.2, 0) is 16.2 Å². The first-order chi connectivity index (χ1) is 19.8. The Bertz CT molecular complexity index is 1580. The van der Waals surface area contributed by atoms with Crippen molar-refractivity contribution < 1.29 is 24.2 Å². The van der Waals surface area contributed by atoms with Crippen molar-refractivity contribution in [2.45, 2.75) is 33.4 Å². The van der Waals surface area contributed by atoms with Gasteiger partial charge in [0.2, 0.25) is 0 Å². The number of carbonyl (C=O) groups excluding carboxylic acids is 2. The fourth-order valence-electron chi connectivity index (χ4n) is 4.89. The van der Waals surface area contributed by atoms with Gasteiger partial charge in [0.1, 0.15) is 23.9 Å². The minimum absolute atomic E-state index is 0.0225. The number of rotatable bonds is 9. The summed E-state index contributed by atoms with van der Waals surface area (Å²) in [4.78, 5) is 28.5. The third-order valence-electron chi connectivity index (χ3n) is 6.92. The van der Waals surface area contributed by atoms with Crippen LogP contribution in [0.2, 0.25) is 0 Å². The maximum absolute atomic E-state index is 13.5. The molecular formula is C35H33NO5. The summed E-state index contributed by atoms with van der Waals surface area (Å²) in [5.74, 6) is -0.0196. The van der Waals surface area contributed by atoms with Gasteiger partial charge in [-0.3, -0.25) is 14.5 Å². The Morgan fingerprint density at radius 3 is 2.24 bits per heavy atom. The minimum atomic E-state index is -0.852. The molecule has 1 aliphatic rings. The molecule has 6 heteroatoms. The molecule has 1 aliphatic heterocycles. The van der Waals surface area contributed by atoms with E-state index in [1.54, 1.807) is 30.3 Å². The lowest BCUT2D eigenvalue weighted by Gasteiger charge is -2.26. The summed E-state index contributed by atoms with van der Waals surface area (Å²) in [6.45, 7) is 6.97. The van der Waals surface area contributed by atoms with Crippen molar-refractivity contribution >= 4 is 23.1 Å². The zero-order valence-electron chi connectivity index (χ0n) is 23.4. The Labute approximate surface area is 240 Å². The van der Waals surface area contributed by atoms with Gasteiger partial charge >= 0.3 is 0 Å². The Morgan fingerprint density at radius 1 is 0.854 bits per heavy atom. The summed E-state index contributed by atoms with van der Waals surface area (Å²) >= 11 is 0. The maximum atomic E-state index is 13.5. The van der Waals surface area contributed by atoms with E-state index in [1.165, 1.54) is 4.90 Å². The predicted octanol–water partition coefficient (Wildman–Crippen LogP) is 7.24. The highest BCUT2D eigenvalue weighted by Gasteiger charge is 2.47. The second kappa shape index (κ2) is 12.1. The third-order valence-corrected chi connectivity index (χ3v) is 6.92. The number of nitrogens with zero attached hydrogens (tertiary/aromatic N) is 1. The molecule has 6 nitrogen and oxygen atoms in total. The fourth-order valence-corrected chi connectivity index (χ4v) is 4.89. The first kappa shape index (κ1) is 27.7. The van der Waals surface area contributed by atoms with Crippen LogP contribution < -0.4 is 14.4 Å². The Morgan fingerprint density at radius 2 is 1.56 bits per heavy atom. The number of carbonyl (C=O) groups is 2. The van der Waals surface area contributed by atoms with E-state index in [9.17, 15) is 14.7 Å². The van der Waals surface area contributed by atoms with E-state index in [0.29, 0.717) is 47.4 Å². The van der Waals surface area contributed by atoms with Crippen molar-refractivity contribution in [3.8, 4) is 11.5 Å². The van der Waals surface area contributed by atoms with Crippen LogP contribution in [0.3, 0.4) is 0 Å². The molecule has 0 spiro atoms. The van der Waals surface area contributed by atoms with Gasteiger partial charge in [-0.2, -0.15) is 0 Å². The molecule has 1 N–H and O–H groups in total. The number of ether oxygens (including phenoxy) is 2. The second-order valence-electron chi connectivity index (χ2n) is 10.5. The first-order valence-electron chi connectivity index (χ1n) is 13.7. The summed E-state index contributed by atoms with van der Waals surface area (Å²) in [5, 5.41) is 11.6. The number of amides is 1. The highest BCUT2D eigenvalue weighted by molar-refractivity contribution is 6.51. The van der Waals surface area contributed by atoms with Gasteiger partial charge in [0, 0.05) is 11.3 Å². The molecule has 0 radical (unpaired) electrons. The SMILES string of the molecule is Cc1cc(/C(O)=C2\C(=O)C(=O)N(c3ccccc3)C2c2cccc(OCc3ccccc3)c2)ccc1OCC(C)C. The molecule has 1 fully saturated rings. The summed E-state index contributed by atoms with van der Waals surface area (Å²) in [6.07, 6.45) is 0. The largest absolute Gasteiger partial charge is 0.507 e. The average Bonchev–Trinajstić information content (AvgIpc) is 3.26. The summed E-state index contributed by atoms with van der Waals surface area (Å²) < 4.78 is 11.9. The maximum Gasteiger partial charge on any atom is 0.300 e. The van der Waals surface area contributed by atoms with Crippen LogP contribution in [-0.4, -0.2) is 23.4 Å². The molecule has 0 aromatic heterocycles. The van der Waals surface area contributed by atoms with Crippen LogP contribution >= 0.6 is 0 Å². The van der Waals surface area contributed by atoms with E-state index in [2.05, 4.69) is 13.8 Å². The van der Waals surface area contributed by atoms with Crippen LogP contribution in [0, 0.1) is 12.8 Å². The number of anilines is 1. The van der Waals surface area contributed by atoms with Gasteiger partial charge in [-0.05, 0) is 72.0 Å². The molecule has 1 atom stereocenters. The number of Topliss-reactive ketones (excluding diaryl/α,β-unsaturated/α-hetero) is 1. The van der Waals surface area contributed by atoms with Crippen molar-refractivity contribution in [1.29, 1.82) is 0 Å². The number of benzene rings is 4.